The van der Waals surface area contributed by atoms with E-state index in [9.17, 15) is 18.0 Å². The molecule has 1 amide bonds. The first-order chi connectivity index (χ1) is 17.3. The predicted octanol–water partition coefficient (Wildman–Crippen LogP) is 6.03. The number of likely N-dealkylation sites (tertiary alicyclic amines) is 1. The lowest BCUT2D eigenvalue weighted by Gasteiger charge is -2.39. The number of carbonyl (C=O) groups is 1. The molecule has 0 aromatic heterocycles. The van der Waals surface area contributed by atoms with Crippen LogP contribution >= 0.6 is 0 Å². The molecule has 0 N–H and O–H groups in total. The van der Waals surface area contributed by atoms with Crippen LogP contribution in [0.3, 0.4) is 0 Å². The number of ether oxygens (including phenoxy) is 2. The van der Waals surface area contributed by atoms with E-state index in [4.69, 9.17) is 9.47 Å². The normalized spacial score (nSPS) is 14.9. The van der Waals surface area contributed by atoms with Crippen molar-refractivity contribution in [3.8, 4) is 11.5 Å². The molecule has 0 saturated carbocycles. The number of rotatable bonds is 7. The van der Waals surface area contributed by atoms with Gasteiger partial charge in [-0.2, -0.15) is 13.2 Å². The minimum atomic E-state index is -4.39. The van der Waals surface area contributed by atoms with Gasteiger partial charge in [0.05, 0.1) is 19.8 Å². The molecule has 190 valence electrons. The summed E-state index contributed by atoms with van der Waals surface area (Å²) in [5.74, 6) is 0.942. The summed E-state index contributed by atoms with van der Waals surface area (Å²) in [4.78, 5) is 17.4. The van der Waals surface area contributed by atoms with Gasteiger partial charge in [-0.3, -0.25) is 9.69 Å². The van der Waals surface area contributed by atoms with Gasteiger partial charge in [-0.1, -0.05) is 36.4 Å². The molecule has 5 nitrogen and oxygen atoms in total. The Morgan fingerprint density at radius 1 is 0.917 bits per heavy atom. The van der Waals surface area contributed by atoms with E-state index in [2.05, 4.69) is 0 Å². The largest absolute Gasteiger partial charge is 0.493 e. The standard InChI is InChI=1S/C28H29F3N2O3/c1-35-25-13-12-23(18-26(25)36-2)33(27(34)20-8-4-3-5-9-20)22-14-16-32(17-15-22)19-21-10-6-7-11-24(21)28(29,30)31/h3-13,18,22H,14-17,19H2,1-2H3. The van der Waals surface area contributed by atoms with Crippen LogP contribution in [0.15, 0.2) is 72.8 Å². The molecule has 0 unspecified atom stereocenters. The average Bonchev–Trinajstić information content (AvgIpc) is 2.90. The van der Waals surface area contributed by atoms with Crippen molar-refractivity contribution in [2.75, 3.05) is 32.2 Å². The monoisotopic (exact) mass is 498 g/mol. The Morgan fingerprint density at radius 3 is 2.19 bits per heavy atom. The van der Waals surface area contributed by atoms with E-state index < -0.39 is 11.7 Å². The van der Waals surface area contributed by atoms with Crippen LogP contribution in [-0.2, 0) is 12.7 Å². The Morgan fingerprint density at radius 2 is 1.56 bits per heavy atom. The first kappa shape index (κ1) is 25.6. The van der Waals surface area contributed by atoms with E-state index in [0.29, 0.717) is 48.7 Å². The Labute approximate surface area is 209 Å². The van der Waals surface area contributed by atoms with Gasteiger partial charge < -0.3 is 14.4 Å². The third kappa shape index (κ3) is 5.65. The second-order valence-electron chi connectivity index (χ2n) is 8.74. The number of anilines is 1. The Kier molecular flexibility index (Phi) is 7.84. The quantitative estimate of drug-likeness (QED) is 0.399. The van der Waals surface area contributed by atoms with Crippen LogP contribution < -0.4 is 14.4 Å². The highest BCUT2D eigenvalue weighted by Crippen LogP contribution is 2.36. The average molecular weight is 499 g/mol. The highest BCUT2D eigenvalue weighted by atomic mass is 19.4. The molecular weight excluding hydrogens is 469 g/mol. The number of benzene rings is 3. The van der Waals surface area contributed by atoms with Crippen LogP contribution in [0, 0.1) is 0 Å². The topological polar surface area (TPSA) is 42.0 Å². The lowest BCUT2D eigenvalue weighted by atomic mass is 9.99. The Hall–Kier alpha value is -3.52. The molecule has 36 heavy (non-hydrogen) atoms. The zero-order valence-corrected chi connectivity index (χ0v) is 20.3. The van der Waals surface area contributed by atoms with Gasteiger partial charge >= 0.3 is 6.18 Å². The fourth-order valence-electron chi connectivity index (χ4n) is 4.70. The zero-order valence-electron chi connectivity index (χ0n) is 20.3. The number of methoxy groups -OCH3 is 2. The molecule has 1 heterocycles. The number of alkyl halides is 3. The fraction of sp³-hybridized carbons (Fsp3) is 0.321. The Balaban J connectivity index is 1.56. The lowest BCUT2D eigenvalue weighted by Crippen LogP contribution is -2.47. The summed E-state index contributed by atoms with van der Waals surface area (Å²) in [6.45, 7) is 1.36. The van der Waals surface area contributed by atoms with Crippen molar-refractivity contribution < 1.29 is 27.4 Å². The van der Waals surface area contributed by atoms with Gasteiger partial charge in [-0.25, -0.2) is 0 Å². The summed E-state index contributed by atoms with van der Waals surface area (Å²) >= 11 is 0. The van der Waals surface area contributed by atoms with Crippen molar-refractivity contribution in [3.05, 3.63) is 89.5 Å². The van der Waals surface area contributed by atoms with Crippen molar-refractivity contribution in [1.29, 1.82) is 0 Å². The Bertz CT molecular complexity index is 1180. The van der Waals surface area contributed by atoms with E-state index in [1.807, 2.05) is 29.2 Å². The maximum absolute atomic E-state index is 13.6. The molecule has 1 saturated heterocycles. The minimum absolute atomic E-state index is 0.120. The number of hydrogen-bond donors (Lipinski definition) is 0. The molecule has 1 fully saturated rings. The SMILES string of the molecule is COc1ccc(N(C(=O)c2ccccc2)C2CCN(Cc3ccccc3C(F)(F)F)CC2)cc1OC. The fourth-order valence-corrected chi connectivity index (χ4v) is 4.70. The van der Waals surface area contributed by atoms with Crippen LogP contribution in [0.4, 0.5) is 18.9 Å². The van der Waals surface area contributed by atoms with Gasteiger partial charge in [0, 0.05) is 43.0 Å². The molecule has 0 spiro atoms. The predicted molar refractivity (Wildman–Crippen MR) is 133 cm³/mol. The van der Waals surface area contributed by atoms with Crippen molar-refractivity contribution >= 4 is 11.6 Å². The number of piperidine rings is 1. The first-order valence-electron chi connectivity index (χ1n) is 11.8. The summed E-state index contributed by atoms with van der Waals surface area (Å²) in [6.07, 6.45) is -3.14. The van der Waals surface area contributed by atoms with Gasteiger partial charge in [0.25, 0.3) is 5.91 Å². The van der Waals surface area contributed by atoms with Crippen LogP contribution in [0.5, 0.6) is 11.5 Å². The molecule has 0 bridgehead atoms. The van der Waals surface area contributed by atoms with E-state index in [-0.39, 0.29) is 24.1 Å². The number of carbonyl (C=O) groups excluding carboxylic acids is 1. The molecule has 1 aliphatic rings. The van der Waals surface area contributed by atoms with Crippen LogP contribution in [0.25, 0.3) is 0 Å². The molecular formula is C28H29F3N2O3. The highest BCUT2D eigenvalue weighted by molar-refractivity contribution is 6.06. The summed E-state index contributed by atoms with van der Waals surface area (Å²) in [6, 6.07) is 20.0. The molecule has 3 aromatic carbocycles. The zero-order chi connectivity index (χ0) is 25.7. The number of halogens is 3. The number of amides is 1. The third-order valence-corrected chi connectivity index (χ3v) is 6.52. The second-order valence-corrected chi connectivity index (χ2v) is 8.74. The first-order valence-corrected chi connectivity index (χ1v) is 11.8. The molecule has 3 aromatic rings. The molecule has 8 heteroatoms. The van der Waals surface area contributed by atoms with Crippen molar-refractivity contribution in [3.63, 3.8) is 0 Å². The smallest absolute Gasteiger partial charge is 0.416 e. The van der Waals surface area contributed by atoms with E-state index in [1.165, 1.54) is 12.1 Å². The van der Waals surface area contributed by atoms with Gasteiger partial charge in [-0.05, 0) is 48.7 Å². The van der Waals surface area contributed by atoms with Crippen molar-refractivity contribution in [2.24, 2.45) is 0 Å². The molecule has 4 rings (SSSR count). The van der Waals surface area contributed by atoms with Gasteiger partial charge in [-0.15, -0.1) is 0 Å². The minimum Gasteiger partial charge on any atom is -0.493 e. The molecule has 0 aliphatic carbocycles. The maximum atomic E-state index is 13.6. The van der Waals surface area contributed by atoms with Crippen molar-refractivity contribution in [1.82, 2.24) is 4.90 Å². The summed E-state index contributed by atoms with van der Waals surface area (Å²) in [5.41, 5.74) is 0.912. The molecule has 0 atom stereocenters. The van der Waals surface area contributed by atoms with Gasteiger partial charge in [0.2, 0.25) is 0 Å². The maximum Gasteiger partial charge on any atom is 0.416 e. The van der Waals surface area contributed by atoms with E-state index in [0.717, 1.165) is 6.07 Å². The van der Waals surface area contributed by atoms with Crippen LogP contribution in [0.1, 0.15) is 34.3 Å². The van der Waals surface area contributed by atoms with E-state index >= 15 is 0 Å². The van der Waals surface area contributed by atoms with Gasteiger partial charge in [0.15, 0.2) is 11.5 Å². The third-order valence-electron chi connectivity index (χ3n) is 6.52. The van der Waals surface area contributed by atoms with Gasteiger partial charge in [0.1, 0.15) is 0 Å². The molecule has 1 aliphatic heterocycles. The van der Waals surface area contributed by atoms with E-state index in [1.54, 1.807) is 49.5 Å². The summed E-state index contributed by atoms with van der Waals surface area (Å²) < 4.78 is 51.1. The van der Waals surface area contributed by atoms with Crippen LogP contribution in [0.2, 0.25) is 0 Å². The van der Waals surface area contributed by atoms with Crippen LogP contribution in [-0.4, -0.2) is 44.2 Å². The lowest BCUT2D eigenvalue weighted by molar-refractivity contribution is -0.138. The number of hydrogen-bond acceptors (Lipinski definition) is 4. The number of nitrogens with zero attached hydrogens (tertiary/aromatic N) is 2. The molecule has 0 radical (unpaired) electrons. The van der Waals surface area contributed by atoms with Crippen molar-refractivity contribution in [2.45, 2.75) is 31.6 Å². The summed E-state index contributed by atoms with van der Waals surface area (Å²) in [5, 5.41) is 0. The highest BCUT2D eigenvalue weighted by Gasteiger charge is 2.34. The second kappa shape index (κ2) is 11.0. The summed E-state index contributed by atoms with van der Waals surface area (Å²) in [7, 11) is 3.10.